The van der Waals surface area contributed by atoms with Crippen LogP contribution in [0.2, 0.25) is 5.02 Å². The van der Waals surface area contributed by atoms with E-state index in [1.54, 1.807) is 24.3 Å². The van der Waals surface area contributed by atoms with Crippen LogP contribution in [-0.2, 0) is 4.74 Å². The van der Waals surface area contributed by atoms with Gasteiger partial charge in [0.1, 0.15) is 6.61 Å². The van der Waals surface area contributed by atoms with Gasteiger partial charge in [-0.1, -0.05) is 23.7 Å². The molecule has 0 aliphatic carbocycles. The van der Waals surface area contributed by atoms with Crippen molar-refractivity contribution in [1.29, 1.82) is 0 Å². The van der Waals surface area contributed by atoms with Gasteiger partial charge in [-0.2, -0.15) is 0 Å². The monoisotopic (exact) mass is 184 g/mol. The molecule has 1 aromatic rings. The van der Waals surface area contributed by atoms with Gasteiger partial charge < -0.3 is 4.74 Å². The van der Waals surface area contributed by atoms with Crippen LogP contribution >= 0.6 is 11.6 Å². The number of ether oxygens (including phenoxy) is 1. The van der Waals surface area contributed by atoms with E-state index >= 15 is 0 Å². The van der Waals surface area contributed by atoms with Gasteiger partial charge in [0.2, 0.25) is 0 Å². The molecular weight excluding hydrogens is 176 g/mol. The van der Waals surface area contributed by atoms with Crippen molar-refractivity contribution in [2.24, 2.45) is 0 Å². The lowest BCUT2D eigenvalue weighted by Gasteiger charge is -2.00. The number of carbonyl (C=O) groups is 1. The minimum atomic E-state index is -0.0944. The number of methoxy groups -OCH3 is 1. The summed E-state index contributed by atoms with van der Waals surface area (Å²) in [6, 6.07) is 6.93. The molecule has 64 valence electrons. The van der Waals surface area contributed by atoms with E-state index in [4.69, 9.17) is 16.3 Å². The molecular formula is C9H9ClO2. The van der Waals surface area contributed by atoms with Crippen molar-refractivity contribution in [2.75, 3.05) is 13.7 Å². The molecule has 0 unspecified atom stereocenters. The van der Waals surface area contributed by atoms with E-state index in [0.717, 1.165) is 0 Å². The van der Waals surface area contributed by atoms with Crippen LogP contribution in [0.25, 0.3) is 0 Å². The second kappa shape index (κ2) is 4.24. The highest BCUT2D eigenvalue weighted by atomic mass is 35.5. The van der Waals surface area contributed by atoms with Crippen LogP contribution in [0.1, 0.15) is 10.4 Å². The van der Waals surface area contributed by atoms with Crippen LogP contribution in [0.4, 0.5) is 0 Å². The summed E-state index contributed by atoms with van der Waals surface area (Å²) in [5.74, 6) is -0.0944. The number of hydrogen-bond donors (Lipinski definition) is 0. The molecule has 12 heavy (non-hydrogen) atoms. The molecule has 0 aromatic heterocycles. The van der Waals surface area contributed by atoms with E-state index in [9.17, 15) is 4.79 Å². The second-order valence-electron chi connectivity index (χ2n) is 2.34. The maximum atomic E-state index is 11.3. The van der Waals surface area contributed by atoms with Gasteiger partial charge in [-0.05, 0) is 12.1 Å². The second-order valence-corrected chi connectivity index (χ2v) is 2.74. The molecule has 0 heterocycles. The quantitative estimate of drug-likeness (QED) is 0.673. The molecule has 1 aromatic carbocycles. The number of carbonyl (C=O) groups excluding carboxylic acids is 1. The fourth-order valence-electron chi connectivity index (χ4n) is 0.896. The van der Waals surface area contributed by atoms with Crippen molar-refractivity contribution in [1.82, 2.24) is 0 Å². The Balaban J connectivity index is 2.87. The number of ketones is 1. The standard InChI is InChI=1S/C9H9ClO2/c1-12-6-9(11)7-4-2-3-5-8(7)10/h2-5H,6H2,1H3. The average Bonchev–Trinajstić information content (AvgIpc) is 2.05. The molecule has 0 bridgehead atoms. The topological polar surface area (TPSA) is 26.3 Å². The third kappa shape index (κ3) is 2.06. The molecule has 1 rings (SSSR count). The van der Waals surface area contributed by atoms with Gasteiger partial charge >= 0.3 is 0 Å². The Bertz CT molecular complexity index is 284. The molecule has 2 nitrogen and oxygen atoms in total. The van der Waals surface area contributed by atoms with Gasteiger partial charge in [0.05, 0.1) is 5.02 Å². The third-order valence-electron chi connectivity index (χ3n) is 1.45. The van der Waals surface area contributed by atoms with Gasteiger partial charge in [-0.25, -0.2) is 0 Å². The molecule has 3 heteroatoms. The molecule has 0 amide bonds. The van der Waals surface area contributed by atoms with Crippen LogP contribution in [0.3, 0.4) is 0 Å². The zero-order valence-electron chi connectivity index (χ0n) is 6.71. The predicted octanol–water partition coefficient (Wildman–Crippen LogP) is 2.17. The Morgan fingerprint density at radius 1 is 1.50 bits per heavy atom. The zero-order chi connectivity index (χ0) is 8.97. The summed E-state index contributed by atoms with van der Waals surface area (Å²) in [6.45, 7) is 0.0731. The number of hydrogen-bond acceptors (Lipinski definition) is 2. The molecule has 0 fully saturated rings. The highest BCUT2D eigenvalue weighted by molar-refractivity contribution is 6.34. The molecule has 0 aliphatic rings. The maximum Gasteiger partial charge on any atom is 0.189 e. The largest absolute Gasteiger partial charge is 0.377 e. The number of halogens is 1. The first-order valence-electron chi connectivity index (χ1n) is 3.52. The van der Waals surface area contributed by atoms with Crippen molar-refractivity contribution in [3.8, 4) is 0 Å². The molecule has 0 aliphatic heterocycles. The Hall–Kier alpha value is -0.860. The molecule has 0 saturated carbocycles. The van der Waals surface area contributed by atoms with E-state index in [0.29, 0.717) is 10.6 Å². The summed E-state index contributed by atoms with van der Waals surface area (Å²) in [7, 11) is 1.48. The van der Waals surface area contributed by atoms with E-state index < -0.39 is 0 Å². The van der Waals surface area contributed by atoms with Gasteiger partial charge in [-0.15, -0.1) is 0 Å². The molecule has 0 radical (unpaired) electrons. The maximum absolute atomic E-state index is 11.3. The van der Waals surface area contributed by atoms with E-state index in [-0.39, 0.29) is 12.4 Å². The van der Waals surface area contributed by atoms with Gasteiger partial charge in [0, 0.05) is 12.7 Å². The van der Waals surface area contributed by atoms with Crippen LogP contribution in [0.15, 0.2) is 24.3 Å². The molecule has 0 atom stereocenters. The van der Waals surface area contributed by atoms with Crippen LogP contribution in [0, 0.1) is 0 Å². The Morgan fingerprint density at radius 2 is 2.17 bits per heavy atom. The minimum absolute atomic E-state index is 0.0731. The summed E-state index contributed by atoms with van der Waals surface area (Å²) in [6.07, 6.45) is 0. The van der Waals surface area contributed by atoms with Crippen molar-refractivity contribution < 1.29 is 9.53 Å². The fourth-order valence-corrected chi connectivity index (χ4v) is 1.14. The van der Waals surface area contributed by atoms with Crippen LogP contribution in [-0.4, -0.2) is 19.5 Å². The molecule has 0 saturated heterocycles. The molecule has 0 N–H and O–H groups in total. The van der Waals surface area contributed by atoms with Gasteiger partial charge in [0.25, 0.3) is 0 Å². The Kier molecular flexibility index (Phi) is 3.26. The smallest absolute Gasteiger partial charge is 0.189 e. The minimum Gasteiger partial charge on any atom is -0.377 e. The Labute approximate surface area is 76.1 Å². The predicted molar refractivity (Wildman–Crippen MR) is 47.7 cm³/mol. The summed E-state index contributed by atoms with van der Waals surface area (Å²) in [5, 5.41) is 0.472. The van der Waals surface area contributed by atoms with Crippen molar-refractivity contribution >= 4 is 17.4 Å². The zero-order valence-corrected chi connectivity index (χ0v) is 7.47. The highest BCUT2D eigenvalue weighted by Gasteiger charge is 2.07. The third-order valence-corrected chi connectivity index (χ3v) is 1.78. The van der Waals surface area contributed by atoms with Crippen LogP contribution in [0.5, 0.6) is 0 Å². The summed E-state index contributed by atoms with van der Waals surface area (Å²) in [5.41, 5.74) is 0.515. The number of rotatable bonds is 3. The van der Waals surface area contributed by atoms with Crippen LogP contribution < -0.4 is 0 Å². The van der Waals surface area contributed by atoms with Gasteiger partial charge in [-0.3, -0.25) is 4.79 Å². The normalized spacial score (nSPS) is 9.83. The SMILES string of the molecule is COCC(=O)c1ccccc1Cl. The first-order valence-corrected chi connectivity index (χ1v) is 3.90. The summed E-state index contributed by atoms with van der Waals surface area (Å²) >= 11 is 5.78. The van der Waals surface area contributed by atoms with Crippen molar-refractivity contribution in [3.05, 3.63) is 34.9 Å². The van der Waals surface area contributed by atoms with Gasteiger partial charge in [0.15, 0.2) is 5.78 Å². The average molecular weight is 185 g/mol. The lowest BCUT2D eigenvalue weighted by Crippen LogP contribution is -2.07. The number of Topliss-reactive ketones (excluding diaryl/α,β-unsaturated/α-hetero) is 1. The summed E-state index contributed by atoms with van der Waals surface area (Å²) in [4.78, 5) is 11.3. The lowest BCUT2D eigenvalue weighted by molar-refractivity contribution is 0.0848. The first-order chi connectivity index (χ1) is 5.75. The first kappa shape index (κ1) is 9.23. The Morgan fingerprint density at radius 3 is 2.75 bits per heavy atom. The number of benzene rings is 1. The van der Waals surface area contributed by atoms with Crippen molar-refractivity contribution in [3.63, 3.8) is 0 Å². The fraction of sp³-hybridized carbons (Fsp3) is 0.222. The van der Waals surface area contributed by atoms with E-state index in [2.05, 4.69) is 0 Å². The van der Waals surface area contributed by atoms with Crippen molar-refractivity contribution in [2.45, 2.75) is 0 Å². The highest BCUT2D eigenvalue weighted by Crippen LogP contribution is 2.15. The van der Waals surface area contributed by atoms with E-state index in [1.807, 2.05) is 0 Å². The van der Waals surface area contributed by atoms with E-state index in [1.165, 1.54) is 7.11 Å². The summed E-state index contributed by atoms with van der Waals surface area (Å²) < 4.78 is 4.70. The molecule has 0 spiro atoms. The lowest BCUT2D eigenvalue weighted by atomic mass is 10.1.